The third-order valence-corrected chi connectivity index (χ3v) is 3.29. The van der Waals surface area contributed by atoms with Crippen LogP contribution < -0.4 is 10.1 Å². The molecule has 3 nitrogen and oxygen atoms in total. The Hall–Kier alpha value is -0.740. The van der Waals surface area contributed by atoms with Gasteiger partial charge in [0.15, 0.2) is 11.5 Å². The van der Waals surface area contributed by atoms with E-state index in [1.165, 1.54) is 6.42 Å². The second-order valence-electron chi connectivity index (χ2n) is 4.20. The summed E-state index contributed by atoms with van der Waals surface area (Å²) < 4.78 is 5.78. The van der Waals surface area contributed by atoms with Gasteiger partial charge >= 0.3 is 0 Å². The van der Waals surface area contributed by atoms with E-state index in [-0.39, 0.29) is 5.75 Å². The Morgan fingerprint density at radius 2 is 2.18 bits per heavy atom. The van der Waals surface area contributed by atoms with Crippen LogP contribution in [0.15, 0.2) is 16.6 Å². The molecule has 0 saturated heterocycles. The van der Waals surface area contributed by atoms with Gasteiger partial charge in [-0.2, -0.15) is 0 Å². The van der Waals surface area contributed by atoms with E-state index < -0.39 is 0 Å². The fraction of sp³-hybridized carbons (Fsp3) is 0.538. The first-order valence-electron chi connectivity index (χ1n) is 5.87. The minimum Gasteiger partial charge on any atom is -0.503 e. The predicted octanol–water partition coefficient (Wildman–Crippen LogP) is 3.44. The average Bonchev–Trinajstić information content (AvgIpc) is 2.31. The highest BCUT2D eigenvalue weighted by Crippen LogP contribution is 2.35. The third-order valence-electron chi connectivity index (χ3n) is 2.68. The number of halogens is 1. The zero-order valence-electron chi connectivity index (χ0n) is 10.6. The van der Waals surface area contributed by atoms with Crippen molar-refractivity contribution < 1.29 is 9.84 Å². The van der Waals surface area contributed by atoms with E-state index in [0.29, 0.717) is 16.3 Å². The normalized spacial score (nSPS) is 12.5. The van der Waals surface area contributed by atoms with E-state index in [1.54, 1.807) is 7.11 Å². The van der Waals surface area contributed by atoms with Gasteiger partial charge in [-0.3, -0.25) is 0 Å². The van der Waals surface area contributed by atoms with Crippen molar-refractivity contribution in [2.75, 3.05) is 7.11 Å². The first-order valence-corrected chi connectivity index (χ1v) is 6.66. The van der Waals surface area contributed by atoms with E-state index >= 15 is 0 Å². The molecule has 1 aromatic rings. The molecule has 0 heterocycles. The van der Waals surface area contributed by atoms with Gasteiger partial charge in [-0.1, -0.05) is 13.3 Å². The Labute approximate surface area is 111 Å². The standard InChI is InChI=1S/C13H20BrNO2/c1-4-5-9(2)15-8-10-6-11(14)13(16)12(7-10)17-3/h6-7,9,15-16H,4-5,8H2,1-3H3. The van der Waals surface area contributed by atoms with Crippen LogP contribution in [0.4, 0.5) is 0 Å². The van der Waals surface area contributed by atoms with Crippen molar-refractivity contribution in [2.45, 2.75) is 39.3 Å². The number of phenols is 1. The number of methoxy groups -OCH3 is 1. The zero-order chi connectivity index (χ0) is 12.8. The summed E-state index contributed by atoms with van der Waals surface area (Å²) in [7, 11) is 1.55. The molecule has 0 aliphatic carbocycles. The summed E-state index contributed by atoms with van der Waals surface area (Å²) in [6, 6.07) is 4.26. The summed E-state index contributed by atoms with van der Waals surface area (Å²) in [5.74, 6) is 0.650. The Morgan fingerprint density at radius 3 is 2.76 bits per heavy atom. The highest BCUT2D eigenvalue weighted by Gasteiger charge is 2.09. The van der Waals surface area contributed by atoms with Crippen LogP contribution in [0.3, 0.4) is 0 Å². The van der Waals surface area contributed by atoms with E-state index in [9.17, 15) is 5.11 Å². The topological polar surface area (TPSA) is 41.5 Å². The molecular weight excluding hydrogens is 282 g/mol. The van der Waals surface area contributed by atoms with Crippen molar-refractivity contribution in [3.05, 3.63) is 22.2 Å². The maximum Gasteiger partial charge on any atom is 0.172 e. The molecule has 0 fully saturated rings. The van der Waals surface area contributed by atoms with Gasteiger partial charge in [-0.05, 0) is 47.0 Å². The van der Waals surface area contributed by atoms with Crippen molar-refractivity contribution >= 4 is 15.9 Å². The molecule has 0 aliphatic heterocycles. The first kappa shape index (κ1) is 14.3. The number of nitrogens with one attached hydrogen (secondary N) is 1. The lowest BCUT2D eigenvalue weighted by molar-refractivity contribution is 0.371. The highest BCUT2D eigenvalue weighted by atomic mass is 79.9. The fourth-order valence-electron chi connectivity index (χ4n) is 1.71. The van der Waals surface area contributed by atoms with Crippen LogP contribution in [0.5, 0.6) is 11.5 Å². The molecule has 0 aliphatic rings. The van der Waals surface area contributed by atoms with Crippen LogP contribution >= 0.6 is 15.9 Å². The maximum atomic E-state index is 9.69. The van der Waals surface area contributed by atoms with Gasteiger partial charge in [-0.25, -0.2) is 0 Å². The van der Waals surface area contributed by atoms with Gasteiger partial charge < -0.3 is 15.2 Å². The van der Waals surface area contributed by atoms with Gasteiger partial charge in [0.1, 0.15) is 0 Å². The molecule has 0 radical (unpaired) electrons. The molecule has 17 heavy (non-hydrogen) atoms. The van der Waals surface area contributed by atoms with Gasteiger partial charge in [0.25, 0.3) is 0 Å². The quantitative estimate of drug-likeness (QED) is 0.846. The number of benzene rings is 1. The molecule has 0 saturated carbocycles. The summed E-state index contributed by atoms with van der Waals surface area (Å²) in [6.45, 7) is 5.13. The number of hydrogen-bond acceptors (Lipinski definition) is 3. The van der Waals surface area contributed by atoms with Crippen LogP contribution in [0.25, 0.3) is 0 Å². The maximum absolute atomic E-state index is 9.69. The van der Waals surface area contributed by atoms with Crippen molar-refractivity contribution in [1.29, 1.82) is 0 Å². The fourth-order valence-corrected chi connectivity index (χ4v) is 2.20. The van der Waals surface area contributed by atoms with Crippen LogP contribution in [-0.4, -0.2) is 18.3 Å². The van der Waals surface area contributed by atoms with Crippen LogP contribution in [0, 0.1) is 0 Å². The first-order chi connectivity index (χ1) is 8.08. The third kappa shape index (κ3) is 4.21. The molecule has 1 atom stereocenters. The summed E-state index contributed by atoms with van der Waals surface area (Å²) in [6.07, 6.45) is 2.34. The van der Waals surface area contributed by atoms with Gasteiger partial charge in [-0.15, -0.1) is 0 Å². The number of ether oxygens (including phenoxy) is 1. The molecular formula is C13H20BrNO2. The largest absolute Gasteiger partial charge is 0.503 e. The second kappa shape index (κ2) is 6.87. The molecule has 1 unspecified atom stereocenters. The van der Waals surface area contributed by atoms with Gasteiger partial charge in [0.05, 0.1) is 11.6 Å². The molecule has 2 N–H and O–H groups in total. The Balaban J connectivity index is 2.68. The van der Waals surface area contributed by atoms with Crippen LogP contribution in [0.2, 0.25) is 0 Å². The van der Waals surface area contributed by atoms with E-state index in [2.05, 4.69) is 35.1 Å². The zero-order valence-corrected chi connectivity index (χ0v) is 12.2. The molecule has 4 heteroatoms. The number of hydrogen-bond donors (Lipinski definition) is 2. The monoisotopic (exact) mass is 301 g/mol. The number of aromatic hydroxyl groups is 1. The van der Waals surface area contributed by atoms with E-state index in [0.717, 1.165) is 18.5 Å². The van der Waals surface area contributed by atoms with Gasteiger partial charge in [0, 0.05) is 12.6 Å². The molecule has 96 valence electrons. The Kier molecular flexibility index (Phi) is 5.78. The summed E-state index contributed by atoms with van der Waals surface area (Å²) >= 11 is 3.32. The molecule has 0 spiro atoms. The lowest BCUT2D eigenvalue weighted by Crippen LogP contribution is -2.25. The SMILES string of the molecule is CCCC(C)NCc1cc(Br)c(O)c(OC)c1. The Bertz CT molecular complexity index is 369. The molecule has 0 amide bonds. The highest BCUT2D eigenvalue weighted by molar-refractivity contribution is 9.10. The van der Waals surface area contributed by atoms with Crippen molar-refractivity contribution in [2.24, 2.45) is 0 Å². The number of rotatable bonds is 6. The molecule has 1 rings (SSSR count). The minimum absolute atomic E-state index is 0.151. The van der Waals surface area contributed by atoms with Gasteiger partial charge in [0.2, 0.25) is 0 Å². The van der Waals surface area contributed by atoms with E-state index in [4.69, 9.17) is 4.74 Å². The summed E-state index contributed by atoms with van der Waals surface area (Å²) in [4.78, 5) is 0. The summed E-state index contributed by atoms with van der Waals surface area (Å²) in [5, 5.41) is 13.1. The lowest BCUT2D eigenvalue weighted by Gasteiger charge is -2.14. The predicted molar refractivity (Wildman–Crippen MR) is 73.6 cm³/mol. The lowest BCUT2D eigenvalue weighted by atomic mass is 10.1. The Morgan fingerprint density at radius 1 is 1.47 bits per heavy atom. The molecule has 0 aromatic heterocycles. The number of phenolic OH excluding ortho intramolecular Hbond substituents is 1. The van der Waals surface area contributed by atoms with Crippen LogP contribution in [-0.2, 0) is 6.54 Å². The van der Waals surface area contributed by atoms with Crippen molar-refractivity contribution in [3.8, 4) is 11.5 Å². The summed E-state index contributed by atoms with van der Waals surface area (Å²) in [5.41, 5.74) is 1.09. The molecule has 1 aromatic carbocycles. The van der Waals surface area contributed by atoms with Crippen molar-refractivity contribution in [3.63, 3.8) is 0 Å². The van der Waals surface area contributed by atoms with Crippen molar-refractivity contribution in [1.82, 2.24) is 5.32 Å². The van der Waals surface area contributed by atoms with Crippen LogP contribution in [0.1, 0.15) is 32.3 Å². The smallest absolute Gasteiger partial charge is 0.172 e. The van der Waals surface area contributed by atoms with E-state index in [1.807, 2.05) is 12.1 Å². The minimum atomic E-state index is 0.151. The second-order valence-corrected chi connectivity index (χ2v) is 5.05. The average molecular weight is 302 g/mol. The molecule has 0 bridgehead atoms.